The second kappa shape index (κ2) is 18.2. The third-order valence-corrected chi connectivity index (χ3v) is 4.74. The number of rotatable bonds is 18. The summed E-state index contributed by atoms with van der Waals surface area (Å²) in [7, 11) is 0. The van der Waals surface area contributed by atoms with Crippen LogP contribution in [-0.4, -0.2) is 17.9 Å². The first-order valence-corrected chi connectivity index (χ1v) is 10.4. The molecular formula is C20H43NO2. The van der Waals surface area contributed by atoms with E-state index >= 15 is 0 Å². The van der Waals surface area contributed by atoms with E-state index in [0.717, 1.165) is 12.8 Å². The first kappa shape index (κ1) is 22.9. The average molecular weight is 330 g/mol. The lowest BCUT2D eigenvalue weighted by atomic mass is 10.0. The number of aliphatic hydroxyl groups excluding tert-OH is 1. The van der Waals surface area contributed by atoms with Gasteiger partial charge in [0.05, 0.1) is 6.54 Å². The Bertz CT molecular complexity index is 222. The van der Waals surface area contributed by atoms with Crippen molar-refractivity contribution in [3.63, 3.8) is 0 Å². The molecule has 0 fully saturated rings. The maximum Gasteiger partial charge on any atom is 0.185 e. The highest BCUT2D eigenvalue weighted by atomic mass is 16.5. The summed E-state index contributed by atoms with van der Waals surface area (Å²) in [6.07, 6.45) is 20.8. The molecule has 0 heterocycles. The average Bonchev–Trinajstić information content (AvgIpc) is 2.54. The molecule has 0 saturated carbocycles. The molecule has 0 aliphatic rings. The predicted molar refractivity (Wildman–Crippen MR) is 100 cm³/mol. The molecule has 0 aromatic rings. The summed E-state index contributed by atoms with van der Waals surface area (Å²) in [5, 5.41) is 20.3. The van der Waals surface area contributed by atoms with E-state index in [1.165, 1.54) is 89.9 Å². The number of hydrogen-bond donors (Lipinski definition) is 2. The fraction of sp³-hybridized carbons (Fsp3) is 1.00. The third kappa shape index (κ3) is 18.1. The largest absolute Gasteiger partial charge is 0.632 e. The van der Waals surface area contributed by atoms with Crippen molar-refractivity contribution in [2.45, 2.75) is 123 Å². The van der Waals surface area contributed by atoms with Crippen LogP contribution in [-0.2, 0) is 0 Å². The molecule has 0 aliphatic carbocycles. The first-order chi connectivity index (χ1) is 11.2. The van der Waals surface area contributed by atoms with Crippen LogP contribution < -0.4 is 5.06 Å². The van der Waals surface area contributed by atoms with Gasteiger partial charge in [-0.15, -0.1) is 0 Å². The van der Waals surface area contributed by atoms with Gasteiger partial charge < -0.3 is 15.4 Å². The van der Waals surface area contributed by atoms with Gasteiger partial charge in [-0.3, -0.25) is 0 Å². The third-order valence-electron chi connectivity index (χ3n) is 4.74. The normalized spacial score (nSPS) is 14.1. The molecule has 0 aromatic carbocycles. The van der Waals surface area contributed by atoms with Crippen LogP contribution in [0.5, 0.6) is 0 Å². The molecule has 140 valence electrons. The molecule has 0 rings (SSSR count). The second-order valence-corrected chi connectivity index (χ2v) is 7.20. The Morgan fingerprint density at radius 2 is 0.957 bits per heavy atom. The van der Waals surface area contributed by atoms with Gasteiger partial charge in [-0.05, 0) is 12.8 Å². The van der Waals surface area contributed by atoms with Gasteiger partial charge >= 0.3 is 0 Å². The van der Waals surface area contributed by atoms with E-state index in [4.69, 9.17) is 5.11 Å². The maximum absolute atomic E-state index is 11.2. The summed E-state index contributed by atoms with van der Waals surface area (Å²) >= 11 is 0. The minimum Gasteiger partial charge on any atom is -0.632 e. The molecule has 0 radical (unpaired) electrons. The van der Waals surface area contributed by atoms with Crippen LogP contribution in [0.25, 0.3) is 0 Å². The molecule has 0 bridgehead atoms. The van der Waals surface area contributed by atoms with Crippen molar-refractivity contribution in [1.82, 2.24) is 0 Å². The molecule has 3 nitrogen and oxygen atoms in total. The molecule has 0 aliphatic heterocycles. The minimum atomic E-state index is -0.772. The van der Waals surface area contributed by atoms with Crippen LogP contribution in [0, 0.1) is 5.21 Å². The highest BCUT2D eigenvalue weighted by Crippen LogP contribution is 2.13. The fourth-order valence-electron chi connectivity index (χ4n) is 3.06. The zero-order valence-corrected chi connectivity index (χ0v) is 16.0. The van der Waals surface area contributed by atoms with Gasteiger partial charge in [0.25, 0.3) is 0 Å². The van der Waals surface area contributed by atoms with Crippen LogP contribution in [0.3, 0.4) is 0 Å². The van der Waals surface area contributed by atoms with Gasteiger partial charge in [0.15, 0.2) is 6.23 Å². The van der Waals surface area contributed by atoms with Crippen molar-refractivity contribution in [1.29, 1.82) is 0 Å². The molecule has 0 spiro atoms. The molecule has 0 amide bonds. The lowest BCUT2D eigenvalue weighted by Gasteiger charge is -2.24. The molecule has 0 aromatic heterocycles. The van der Waals surface area contributed by atoms with E-state index in [2.05, 4.69) is 6.92 Å². The van der Waals surface area contributed by atoms with E-state index in [-0.39, 0.29) is 5.06 Å². The van der Waals surface area contributed by atoms with Crippen molar-refractivity contribution in [3.05, 3.63) is 5.21 Å². The van der Waals surface area contributed by atoms with Crippen molar-refractivity contribution in [2.75, 3.05) is 6.54 Å². The minimum absolute atomic E-state index is 0.00429. The molecule has 2 N–H and O–H groups in total. The van der Waals surface area contributed by atoms with Crippen LogP contribution in [0.1, 0.15) is 117 Å². The van der Waals surface area contributed by atoms with Gasteiger partial charge in [0.1, 0.15) is 0 Å². The Morgan fingerprint density at radius 3 is 1.26 bits per heavy atom. The molecule has 2 unspecified atom stereocenters. The Balaban J connectivity index is 3.03. The van der Waals surface area contributed by atoms with Gasteiger partial charge in [-0.1, -0.05) is 96.8 Å². The monoisotopic (exact) mass is 329 g/mol. The van der Waals surface area contributed by atoms with Crippen LogP contribution in [0.15, 0.2) is 0 Å². The summed E-state index contributed by atoms with van der Waals surface area (Å²) in [6.45, 7) is 4.39. The quantitative estimate of drug-likeness (QED) is 0.212. The zero-order chi connectivity index (χ0) is 17.2. The van der Waals surface area contributed by atoms with Crippen LogP contribution in [0.4, 0.5) is 0 Å². The predicted octanol–water partition coefficient (Wildman–Crippen LogP) is 4.97. The topological polar surface area (TPSA) is 47.7 Å². The number of hydroxylamine groups is 2. The Morgan fingerprint density at radius 1 is 0.652 bits per heavy atom. The van der Waals surface area contributed by atoms with Crippen molar-refractivity contribution >= 4 is 0 Å². The maximum atomic E-state index is 11.2. The molecule has 23 heavy (non-hydrogen) atoms. The lowest BCUT2D eigenvalue weighted by molar-refractivity contribution is -0.897. The van der Waals surface area contributed by atoms with Crippen LogP contribution in [0.2, 0.25) is 0 Å². The van der Waals surface area contributed by atoms with Crippen molar-refractivity contribution in [2.24, 2.45) is 0 Å². The van der Waals surface area contributed by atoms with Gasteiger partial charge in [-0.25, -0.2) is 0 Å². The van der Waals surface area contributed by atoms with Crippen molar-refractivity contribution in [3.8, 4) is 0 Å². The van der Waals surface area contributed by atoms with Gasteiger partial charge in [0, 0.05) is 6.92 Å². The Hall–Kier alpha value is -0.120. The first-order valence-electron chi connectivity index (χ1n) is 10.4. The van der Waals surface area contributed by atoms with Crippen molar-refractivity contribution < 1.29 is 10.2 Å². The Labute approximate surface area is 145 Å². The van der Waals surface area contributed by atoms with E-state index in [1.54, 1.807) is 6.92 Å². The second-order valence-electron chi connectivity index (χ2n) is 7.20. The summed E-state index contributed by atoms with van der Waals surface area (Å²) in [5.41, 5.74) is 0. The Kier molecular flexibility index (Phi) is 18.1. The van der Waals surface area contributed by atoms with Gasteiger partial charge in [-0.2, -0.15) is 0 Å². The standard InChI is InChI=1S/C20H43NO2/c1-3-4-5-6-7-8-9-10-11-12-13-14-15-16-17-18-19-21(23)20(2)22/h20-22H,3-19H2,1-2H3. The fourth-order valence-corrected chi connectivity index (χ4v) is 3.06. The number of unbranched alkanes of at least 4 members (excludes halogenated alkanes) is 15. The molecule has 3 heteroatoms. The molecule has 2 atom stereocenters. The van der Waals surface area contributed by atoms with E-state index in [0.29, 0.717) is 6.54 Å². The number of nitrogens with one attached hydrogen (secondary N) is 1. The molecular weight excluding hydrogens is 286 g/mol. The van der Waals surface area contributed by atoms with E-state index in [1.807, 2.05) is 0 Å². The summed E-state index contributed by atoms with van der Waals surface area (Å²) in [4.78, 5) is 0. The summed E-state index contributed by atoms with van der Waals surface area (Å²) in [5.74, 6) is 0. The van der Waals surface area contributed by atoms with Crippen LogP contribution >= 0.6 is 0 Å². The summed E-state index contributed by atoms with van der Waals surface area (Å²) < 4.78 is 0. The number of hydrogen-bond acceptors (Lipinski definition) is 2. The SMILES string of the molecule is CCCCCCCCCCCCCCCCCC[NH+]([O-])C(C)O. The van der Waals surface area contributed by atoms with E-state index < -0.39 is 6.23 Å². The van der Waals surface area contributed by atoms with E-state index in [9.17, 15) is 5.21 Å². The highest BCUT2D eigenvalue weighted by molar-refractivity contribution is 4.49. The molecule has 0 saturated heterocycles. The summed E-state index contributed by atoms with van der Waals surface area (Å²) in [6, 6.07) is 0. The highest BCUT2D eigenvalue weighted by Gasteiger charge is 2.02. The van der Waals surface area contributed by atoms with Gasteiger partial charge in [0.2, 0.25) is 0 Å². The smallest absolute Gasteiger partial charge is 0.185 e. The zero-order valence-electron chi connectivity index (χ0n) is 16.0. The number of aliphatic hydroxyl groups is 1. The number of quaternary nitrogens is 1. The lowest BCUT2D eigenvalue weighted by Crippen LogP contribution is -3.11.